The van der Waals surface area contributed by atoms with E-state index in [0.717, 1.165) is 18.1 Å². The molecule has 0 spiro atoms. The predicted octanol–water partition coefficient (Wildman–Crippen LogP) is 4.13. The Morgan fingerprint density at radius 1 is 1.19 bits per heavy atom. The fourth-order valence-corrected chi connectivity index (χ4v) is 3.96. The summed E-state index contributed by atoms with van der Waals surface area (Å²) in [6, 6.07) is 15.7. The average Bonchev–Trinajstić information content (AvgIpc) is 2.93. The highest BCUT2D eigenvalue weighted by Crippen LogP contribution is 2.38. The van der Waals surface area contributed by atoms with Gasteiger partial charge < -0.3 is 4.57 Å². The van der Waals surface area contributed by atoms with Crippen LogP contribution < -0.4 is 5.48 Å². The SMILES string of the molecule is CCN(C)Cn1c(C)c(Sc2ccc(C(=O)NO)cc2)c2ccccc21. The van der Waals surface area contributed by atoms with Gasteiger partial charge in [0.25, 0.3) is 5.91 Å². The number of aromatic nitrogens is 1. The minimum atomic E-state index is -0.503. The second-order valence-electron chi connectivity index (χ2n) is 6.24. The summed E-state index contributed by atoms with van der Waals surface area (Å²) in [4.78, 5) is 16.0. The summed E-state index contributed by atoms with van der Waals surface area (Å²) in [6.45, 7) is 6.14. The van der Waals surface area contributed by atoms with Crippen LogP contribution in [0.15, 0.2) is 58.3 Å². The summed E-state index contributed by atoms with van der Waals surface area (Å²) in [5.41, 5.74) is 4.54. The summed E-state index contributed by atoms with van der Waals surface area (Å²) >= 11 is 1.69. The van der Waals surface area contributed by atoms with E-state index < -0.39 is 5.91 Å². The van der Waals surface area contributed by atoms with Crippen LogP contribution in [0.5, 0.6) is 0 Å². The van der Waals surface area contributed by atoms with Crippen molar-refractivity contribution in [1.82, 2.24) is 14.9 Å². The molecule has 2 N–H and O–H groups in total. The summed E-state index contributed by atoms with van der Waals surface area (Å²) < 4.78 is 2.34. The van der Waals surface area contributed by atoms with Crippen molar-refractivity contribution in [3.63, 3.8) is 0 Å². The maximum atomic E-state index is 11.5. The van der Waals surface area contributed by atoms with Crippen LogP contribution in [0.1, 0.15) is 23.0 Å². The quantitative estimate of drug-likeness (QED) is 0.507. The molecule has 0 aliphatic carbocycles. The molecule has 26 heavy (non-hydrogen) atoms. The topological polar surface area (TPSA) is 57.5 Å². The number of amides is 1. The minimum Gasteiger partial charge on any atom is -0.330 e. The predicted molar refractivity (Wildman–Crippen MR) is 105 cm³/mol. The van der Waals surface area contributed by atoms with Gasteiger partial charge in [-0.1, -0.05) is 36.9 Å². The van der Waals surface area contributed by atoms with Crippen molar-refractivity contribution in [2.24, 2.45) is 0 Å². The Hall–Kier alpha value is -2.28. The molecule has 2 aromatic carbocycles. The monoisotopic (exact) mass is 369 g/mol. The summed E-state index contributed by atoms with van der Waals surface area (Å²) in [6.07, 6.45) is 0. The number of rotatable bonds is 6. The number of para-hydroxylation sites is 1. The number of hydroxylamine groups is 1. The van der Waals surface area contributed by atoms with Crippen molar-refractivity contribution < 1.29 is 10.0 Å². The maximum absolute atomic E-state index is 11.5. The molecule has 1 aromatic heterocycles. The maximum Gasteiger partial charge on any atom is 0.274 e. The number of nitrogens with one attached hydrogen (secondary N) is 1. The van der Waals surface area contributed by atoms with E-state index in [1.54, 1.807) is 29.4 Å². The largest absolute Gasteiger partial charge is 0.330 e. The number of hydrogen-bond acceptors (Lipinski definition) is 4. The van der Waals surface area contributed by atoms with E-state index >= 15 is 0 Å². The lowest BCUT2D eigenvalue weighted by atomic mass is 10.2. The lowest BCUT2D eigenvalue weighted by molar-refractivity contribution is 0.0706. The van der Waals surface area contributed by atoms with Crippen LogP contribution in [0.3, 0.4) is 0 Å². The Morgan fingerprint density at radius 2 is 1.88 bits per heavy atom. The summed E-state index contributed by atoms with van der Waals surface area (Å²) in [7, 11) is 2.12. The van der Waals surface area contributed by atoms with Crippen LogP contribution in [0, 0.1) is 6.92 Å². The molecule has 136 valence electrons. The van der Waals surface area contributed by atoms with E-state index in [4.69, 9.17) is 5.21 Å². The molecule has 1 amide bonds. The lowest BCUT2D eigenvalue weighted by Crippen LogP contribution is -2.22. The minimum absolute atomic E-state index is 0.431. The van der Waals surface area contributed by atoms with Gasteiger partial charge in [0.15, 0.2) is 0 Å². The fourth-order valence-electron chi connectivity index (χ4n) is 2.91. The van der Waals surface area contributed by atoms with Crippen molar-refractivity contribution in [3.05, 3.63) is 59.8 Å². The normalized spacial score (nSPS) is 11.3. The molecule has 0 aliphatic heterocycles. The summed E-state index contributed by atoms with van der Waals surface area (Å²) in [5.74, 6) is -0.503. The van der Waals surface area contributed by atoms with Crippen molar-refractivity contribution >= 4 is 28.6 Å². The first-order valence-electron chi connectivity index (χ1n) is 8.53. The standard InChI is InChI=1S/C20H23N3O2S/c1-4-22(3)13-23-14(2)19(17-7-5-6-8-18(17)23)26-16-11-9-15(10-12-16)20(24)21-25/h5-12,25H,4,13H2,1-3H3,(H,21,24). The second-order valence-corrected chi connectivity index (χ2v) is 7.32. The Kier molecular flexibility index (Phi) is 5.66. The van der Waals surface area contributed by atoms with Crippen LogP contribution in [0.2, 0.25) is 0 Å². The Labute approximate surface area is 157 Å². The molecule has 0 radical (unpaired) electrons. The average molecular weight is 369 g/mol. The molecule has 0 saturated heterocycles. The zero-order valence-electron chi connectivity index (χ0n) is 15.2. The van der Waals surface area contributed by atoms with Gasteiger partial charge in [0.2, 0.25) is 0 Å². The van der Waals surface area contributed by atoms with Gasteiger partial charge in [-0.15, -0.1) is 0 Å². The van der Waals surface area contributed by atoms with E-state index in [2.05, 4.69) is 54.6 Å². The van der Waals surface area contributed by atoms with Crippen LogP contribution in [0.4, 0.5) is 0 Å². The zero-order valence-corrected chi connectivity index (χ0v) is 16.0. The molecule has 0 unspecified atom stereocenters. The molecule has 6 heteroatoms. The van der Waals surface area contributed by atoms with Crippen molar-refractivity contribution in [1.29, 1.82) is 0 Å². The van der Waals surface area contributed by atoms with Gasteiger partial charge in [-0.3, -0.25) is 14.9 Å². The van der Waals surface area contributed by atoms with E-state index in [1.807, 2.05) is 12.1 Å². The number of carbonyl (C=O) groups excluding carboxylic acids is 1. The third-order valence-corrected chi connectivity index (χ3v) is 5.76. The van der Waals surface area contributed by atoms with Gasteiger partial charge in [0.1, 0.15) is 0 Å². The van der Waals surface area contributed by atoms with Crippen LogP contribution in [-0.2, 0) is 6.67 Å². The van der Waals surface area contributed by atoms with Crippen LogP contribution >= 0.6 is 11.8 Å². The summed E-state index contributed by atoms with van der Waals surface area (Å²) in [5, 5.41) is 9.96. The fraction of sp³-hybridized carbons (Fsp3) is 0.250. The number of fused-ring (bicyclic) bond motifs is 1. The van der Waals surface area contributed by atoms with Gasteiger partial charge in [-0.2, -0.15) is 0 Å². The molecule has 0 aliphatic rings. The van der Waals surface area contributed by atoms with Crippen LogP contribution in [-0.4, -0.2) is 34.2 Å². The van der Waals surface area contributed by atoms with Crippen molar-refractivity contribution in [2.45, 2.75) is 30.3 Å². The van der Waals surface area contributed by atoms with E-state index in [-0.39, 0.29) is 0 Å². The highest BCUT2D eigenvalue weighted by Gasteiger charge is 2.16. The van der Waals surface area contributed by atoms with Crippen molar-refractivity contribution in [3.8, 4) is 0 Å². The van der Waals surface area contributed by atoms with E-state index in [9.17, 15) is 4.79 Å². The Morgan fingerprint density at radius 3 is 2.54 bits per heavy atom. The molecular weight excluding hydrogens is 346 g/mol. The molecule has 0 bridgehead atoms. The Bertz CT molecular complexity index is 919. The third kappa shape index (κ3) is 3.62. The highest BCUT2D eigenvalue weighted by atomic mass is 32.2. The van der Waals surface area contributed by atoms with Crippen molar-refractivity contribution in [2.75, 3.05) is 13.6 Å². The first-order chi connectivity index (χ1) is 12.5. The van der Waals surface area contributed by atoms with Crippen LogP contribution in [0.25, 0.3) is 10.9 Å². The molecule has 5 nitrogen and oxygen atoms in total. The molecule has 0 saturated carbocycles. The first-order valence-corrected chi connectivity index (χ1v) is 9.35. The van der Waals surface area contributed by atoms with Gasteiger partial charge in [-0.25, -0.2) is 5.48 Å². The first kappa shape index (κ1) is 18.5. The van der Waals surface area contributed by atoms with Gasteiger partial charge in [-0.05, 0) is 50.8 Å². The molecule has 3 aromatic rings. The smallest absolute Gasteiger partial charge is 0.274 e. The lowest BCUT2D eigenvalue weighted by Gasteiger charge is -2.17. The van der Waals surface area contributed by atoms with Gasteiger partial charge in [0.05, 0.1) is 12.2 Å². The molecule has 3 rings (SSSR count). The van der Waals surface area contributed by atoms with E-state index in [0.29, 0.717) is 5.56 Å². The zero-order chi connectivity index (χ0) is 18.7. The number of benzene rings is 2. The molecule has 0 atom stereocenters. The van der Waals surface area contributed by atoms with Gasteiger partial charge in [0, 0.05) is 26.4 Å². The number of nitrogens with zero attached hydrogens (tertiary/aromatic N) is 2. The highest BCUT2D eigenvalue weighted by molar-refractivity contribution is 7.99. The molecule has 0 fully saturated rings. The Balaban J connectivity index is 1.97. The van der Waals surface area contributed by atoms with Gasteiger partial charge >= 0.3 is 0 Å². The number of hydrogen-bond donors (Lipinski definition) is 2. The van der Waals surface area contributed by atoms with E-state index in [1.165, 1.54) is 21.5 Å². The third-order valence-electron chi connectivity index (χ3n) is 4.53. The number of carbonyl (C=O) groups is 1. The molecule has 1 heterocycles. The second kappa shape index (κ2) is 7.95. The molecular formula is C20H23N3O2S.